The lowest BCUT2D eigenvalue weighted by atomic mass is 10.2. The maximum atomic E-state index is 10.2. The fourth-order valence-electron chi connectivity index (χ4n) is 0.669. The number of carboxylic acids is 2. The van der Waals surface area contributed by atoms with Crippen molar-refractivity contribution in [2.75, 3.05) is 13.2 Å². The predicted octanol–water partition coefficient (Wildman–Crippen LogP) is -2.28. The second-order valence-electron chi connectivity index (χ2n) is 2.98. The number of hydrogen-bond acceptors (Lipinski definition) is 5. The summed E-state index contributed by atoms with van der Waals surface area (Å²) >= 11 is 0. The van der Waals surface area contributed by atoms with Crippen LogP contribution in [0.4, 0.5) is 0 Å². The molecule has 17 heavy (non-hydrogen) atoms. The van der Waals surface area contributed by atoms with Gasteiger partial charge in [-0.2, -0.15) is 0 Å². The lowest BCUT2D eigenvalue weighted by Crippen LogP contribution is -2.34. The van der Waals surface area contributed by atoms with E-state index in [1.807, 2.05) is 0 Å². The van der Waals surface area contributed by atoms with Crippen molar-refractivity contribution in [2.45, 2.75) is 18.9 Å². The number of aliphatic carboxylic acids is 2. The zero-order valence-electron chi connectivity index (χ0n) is 9.22. The number of aliphatic hydroxyl groups is 1. The SMILES string of the molecule is N=C(N)NCCCC(N)C(=O)O.O=C(O)CO. The van der Waals surface area contributed by atoms with E-state index in [-0.39, 0.29) is 5.96 Å². The van der Waals surface area contributed by atoms with E-state index in [2.05, 4.69) is 5.32 Å². The third kappa shape index (κ3) is 16.8. The van der Waals surface area contributed by atoms with Gasteiger partial charge in [-0.25, -0.2) is 4.79 Å². The molecule has 0 fully saturated rings. The molecule has 1 unspecified atom stereocenters. The van der Waals surface area contributed by atoms with Crippen molar-refractivity contribution in [1.82, 2.24) is 5.32 Å². The Hall–Kier alpha value is -1.87. The largest absolute Gasteiger partial charge is 0.480 e. The molecule has 0 saturated carbocycles. The van der Waals surface area contributed by atoms with Gasteiger partial charge in [-0.05, 0) is 12.8 Å². The Morgan fingerprint density at radius 3 is 2.12 bits per heavy atom. The van der Waals surface area contributed by atoms with E-state index in [0.29, 0.717) is 19.4 Å². The Kier molecular flexibility index (Phi) is 11.0. The lowest BCUT2D eigenvalue weighted by Gasteiger charge is -2.06. The van der Waals surface area contributed by atoms with Crippen molar-refractivity contribution in [3.05, 3.63) is 0 Å². The van der Waals surface area contributed by atoms with E-state index >= 15 is 0 Å². The monoisotopic (exact) mass is 250 g/mol. The minimum absolute atomic E-state index is 0.112. The molecule has 0 heterocycles. The summed E-state index contributed by atoms with van der Waals surface area (Å²) in [6, 6.07) is -0.821. The molecule has 9 N–H and O–H groups in total. The van der Waals surface area contributed by atoms with Crippen LogP contribution in [0, 0.1) is 5.41 Å². The third-order valence-corrected chi connectivity index (χ3v) is 1.46. The molecular formula is C8H18N4O5. The van der Waals surface area contributed by atoms with Gasteiger partial charge in [0.1, 0.15) is 12.6 Å². The molecule has 0 bridgehead atoms. The molecule has 0 radical (unpaired) electrons. The van der Waals surface area contributed by atoms with Gasteiger partial charge in [-0.1, -0.05) is 0 Å². The van der Waals surface area contributed by atoms with Gasteiger partial charge in [-0.15, -0.1) is 0 Å². The normalized spacial score (nSPS) is 10.7. The van der Waals surface area contributed by atoms with Crippen LogP contribution in [-0.4, -0.2) is 52.4 Å². The Labute approximate surface area is 97.9 Å². The van der Waals surface area contributed by atoms with Crippen LogP contribution in [-0.2, 0) is 9.59 Å². The number of rotatable bonds is 6. The number of guanidine groups is 1. The lowest BCUT2D eigenvalue weighted by molar-refractivity contribution is -0.140. The maximum absolute atomic E-state index is 10.2. The van der Waals surface area contributed by atoms with Crippen LogP contribution in [0.1, 0.15) is 12.8 Å². The number of nitrogens with one attached hydrogen (secondary N) is 2. The van der Waals surface area contributed by atoms with Crippen LogP contribution in [0.25, 0.3) is 0 Å². The van der Waals surface area contributed by atoms with Crippen LogP contribution >= 0.6 is 0 Å². The molecule has 100 valence electrons. The zero-order chi connectivity index (χ0) is 13.8. The third-order valence-electron chi connectivity index (χ3n) is 1.46. The first-order valence-corrected chi connectivity index (χ1v) is 4.70. The molecule has 0 rings (SSSR count). The smallest absolute Gasteiger partial charge is 0.329 e. The van der Waals surface area contributed by atoms with E-state index in [9.17, 15) is 4.79 Å². The molecule has 0 aliphatic heterocycles. The van der Waals surface area contributed by atoms with E-state index < -0.39 is 24.6 Å². The van der Waals surface area contributed by atoms with Crippen molar-refractivity contribution >= 4 is 17.9 Å². The van der Waals surface area contributed by atoms with Crippen LogP contribution in [0.5, 0.6) is 0 Å². The summed E-state index contributed by atoms with van der Waals surface area (Å²) in [4.78, 5) is 19.3. The first kappa shape index (κ1) is 17.5. The summed E-state index contributed by atoms with van der Waals surface area (Å²) < 4.78 is 0. The van der Waals surface area contributed by atoms with Gasteiger partial charge in [0, 0.05) is 6.54 Å². The quantitative estimate of drug-likeness (QED) is 0.156. The van der Waals surface area contributed by atoms with Crippen molar-refractivity contribution in [2.24, 2.45) is 11.5 Å². The molecule has 9 heteroatoms. The summed E-state index contributed by atoms with van der Waals surface area (Å²) in [5.41, 5.74) is 10.2. The highest BCUT2D eigenvalue weighted by Gasteiger charge is 2.09. The average molecular weight is 250 g/mol. The van der Waals surface area contributed by atoms with Crippen molar-refractivity contribution < 1.29 is 24.9 Å². The molecular weight excluding hydrogens is 232 g/mol. The Morgan fingerprint density at radius 1 is 1.35 bits per heavy atom. The van der Waals surface area contributed by atoms with Crippen molar-refractivity contribution in [1.29, 1.82) is 5.41 Å². The van der Waals surface area contributed by atoms with E-state index in [1.165, 1.54) is 0 Å². The molecule has 0 aliphatic carbocycles. The number of nitrogens with two attached hydrogens (primary N) is 2. The first-order chi connectivity index (χ1) is 7.81. The van der Waals surface area contributed by atoms with Gasteiger partial charge in [0.25, 0.3) is 0 Å². The van der Waals surface area contributed by atoms with Gasteiger partial charge >= 0.3 is 11.9 Å². The maximum Gasteiger partial charge on any atom is 0.329 e. The summed E-state index contributed by atoms with van der Waals surface area (Å²) in [6.45, 7) is -0.295. The molecule has 9 nitrogen and oxygen atoms in total. The number of carbonyl (C=O) groups is 2. The summed E-state index contributed by atoms with van der Waals surface area (Å²) in [5.74, 6) is -2.30. The van der Waals surface area contributed by atoms with E-state index in [0.717, 1.165) is 0 Å². The van der Waals surface area contributed by atoms with Gasteiger partial charge in [0.05, 0.1) is 0 Å². The topological polar surface area (TPSA) is 183 Å². The molecule has 0 spiro atoms. The first-order valence-electron chi connectivity index (χ1n) is 4.70. The minimum Gasteiger partial charge on any atom is -0.480 e. The number of hydrogen-bond donors (Lipinski definition) is 7. The van der Waals surface area contributed by atoms with Gasteiger partial charge in [0.15, 0.2) is 5.96 Å². The second-order valence-corrected chi connectivity index (χ2v) is 2.98. The highest BCUT2D eigenvalue weighted by Crippen LogP contribution is 1.92. The fraction of sp³-hybridized carbons (Fsp3) is 0.625. The summed E-state index contributed by atoms with van der Waals surface area (Å²) in [6.07, 6.45) is 0.975. The van der Waals surface area contributed by atoms with Gasteiger partial charge < -0.3 is 32.1 Å². The standard InChI is InChI=1S/C6H14N4O2.C2H4O3/c7-4(5(11)12)2-1-3-10-6(8)9;3-1-2(4)5/h4H,1-3,7H2,(H,11,12)(H4,8,9,10);3H,1H2,(H,4,5). The highest BCUT2D eigenvalue weighted by atomic mass is 16.4. The van der Waals surface area contributed by atoms with Crippen molar-refractivity contribution in [3.8, 4) is 0 Å². The minimum atomic E-state index is -1.19. The molecule has 0 aromatic carbocycles. The fourth-order valence-corrected chi connectivity index (χ4v) is 0.669. The Balaban J connectivity index is 0. The summed E-state index contributed by atoms with van der Waals surface area (Å²) in [7, 11) is 0. The number of aliphatic hydroxyl groups excluding tert-OH is 1. The van der Waals surface area contributed by atoms with Gasteiger partial charge in [0.2, 0.25) is 0 Å². The Bertz CT molecular complexity index is 258. The molecule has 1 atom stereocenters. The van der Waals surface area contributed by atoms with E-state index in [1.54, 1.807) is 0 Å². The predicted molar refractivity (Wildman–Crippen MR) is 59.5 cm³/mol. The average Bonchev–Trinajstić information content (AvgIpc) is 2.24. The zero-order valence-corrected chi connectivity index (χ0v) is 9.22. The molecule has 0 amide bonds. The van der Waals surface area contributed by atoms with Crippen LogP contribution in [0.3, 0.4) is 0 Å². The van der Waals surface area contributed by atoms with Crippen molar-refractivity contribution in [3.63, 3.8) is 0 Å². The van der Waals surface area contributed by atoms with Crippen LogP contribution in [0.2, 0.25) is 0 Å². The van der Waals surface area contributed by atoms with Crippen LogP contribution in [0.15, 0.2) is 0 Å². The molecule has 0 aromatic rings. The Morgan fingerprint density at radius 2 is 1.82 bits per heavy atom. The molecule has 0 aromatic heterocycles. The summed E-state index contributed by atoms with van der Waals surface area (Å²) in [5, 5.41) is 32.7. The van der Waals surface area contributed by atoms with E-state index in [4.69, 9.17) is 37.0 Å². The second kappa shape index (κ2) is 10.6. The van der Waals surface area contributed by atoms with Crippen LogP contribution < -0.4 is 16.8 Å². The van der Waals surface area contributed by atoms with Gasteiger partial charge in [-0.3, -0.25) is 10.2 Å². The molecule has 0 aliphatic rings. The molecule has 0 saturated heterocycles. The number of carboxylic acid groups (broad SMARTS) is 2. The highest BCUT2D eigenvalue weighted by molar-refractivity contribution is 5.74.